The van der Waals surface area contributed by atoms with Crippen molar-refractivity contribution in [3.8, 4) is 5.75 Å². The Kier molecular flexibility index (Phi) is 8.09. The van der Waals surface area contributed by atoms with Gasteiger partial charge in [-0.3, -0.25) is 9.52 Å². The van der Waals surface area contributed by atoms with Crippen molar-refractivity contribution in [3.63, 3.8) is 0 Å². The van der Waals surface area contributed by atoms with Gasteiger partial charge < -0.3 is 25.7 Å². The van der Waals surface area contributed by atoms with Gasteiger partial charge in [0.15, 0.2) is 0 Å². The van der Waals surface area contributed by atoms with Crippen LogP contribution in [0.1, 0.15) is 10.4 Å². The van der Waals surface area contributed by atoms with Crippen LogP contribution in [0.15, 0.2) is 82.0 Å². The fourth-order valence-electron chi connectivity index (χ4n) is 2.77. The minimum Gasteiger partial charge on any atom is -0.507 e. The lowest BCUT2D eigenvalue weighted by Crippen LogP contribution is -2.57. The number of amides is 1. The Hall–Kier alpha value is -3.91. The van der Waals surface area contributed by atoms with Gasteiger partial charge in [0.05, 0.1) is 41.7 Å². The molecule has 0 aliphatic rings. The van der Waals surface area contributed by atoms with Gasteiger partial charge in [0.2, 0.25) is 0 Å². The summed E-state index contributed by atoms with van der Waals surface area (Å²) in [7, 11) is -3.85. The number of aliphatic hydroxyl groups is 3. The van der Waals surface area contributed by atoms with E-state index in [1.807, 2.05) is 0 Å². The average Bonchev–Trinajstić information content (AvgIpc) is 2.87. The smallest absolute Gasteiger partial charge is 0.263 e. The molecule has 3 rings (SSSR count). The van der Waals surface area contributed by atoms with Gasteiger partial charge in [0.1, 0.15) is 17.1 Å². The van der Waals surface area contributed by atoms with Crippen molar-refractivity contribution >= 4 is 33.1 Å². The van der Waals surface area contributed by atoms with Gasteiger partial charge in [0.25, 0.3) is 15.9 Å². The highest BCUT2D eigenvalue weighted by Gasteiger charge is 2.31. The SMILES string of the molecule is O=C(NC(CO)(CO)CO)c1cc(/N=N/c2ccc(S(=O)(=O)Nc3ccccn3)cc2)ccc1O. The van der Waals surface area contributed by atoms with Gasteiger partial charge in [-0.2, -0.15) is 10.2 Å². The molecule has 3 aromatic rings. The van der Waals surface area contributed by atoms with Crippen LogP contribution in [0.5, 0.6) is 5.75 Å². The molecule has 0 saturated carbocycles. The zero-order chi connectivity index (χ0) is 25.5. The molecule has 0 saturated heterocycles. The number of carbonyl (C=O) groups is 1. The average molecular weight is 502 g/mol. The van der Waals surface area contributed by atoms with Gasteiger partial charge in [-0.25, -0.2) is 13.4 Å². The second-order valence-electron chi connectivity index (χ2n) is 7.42. The van der Waals surface area contributed by atoms with Crippen LogP contribution in [-0.4, -0.2) is 65.1 Å². The highest BCUT2D eigenvalue weighted by molar-refractivity contribution is 7.92. The topological polar surface area (TPSA) is 194 Å². The summed E-state index contributed by atoms with van der Waals surface area (Å²) >= 11 is 0. The number of carbonyl (C=O) groups excluding carboxylic acids is 1. The maximum absolute atomic E-state index is 12.5. The van der Waals surface area contributed by atoms with Gasteiger partial charge in [-0.05, 0) is 54.6 Å². The maximum atomic E-state index is 12.5. The molecular weight excluding hydrogens is 478 g/mol. The number of aliphatic hydroxyl groups excluding tert-OH is 3. The van der Waals surface area contributed by atoms with E-state index in [2.05, 4.69) is 25.3 Å². The number of pyridine rings is 1. The fourth-order valence-corrected chi connectivity index (χ4v) is 3.78. The number of sulfonamides is 1. The summed E-state index contributed by atoms with van der Waals surface area (Å²) in [6.07, 6.45) is 1.46. The van der Waals surface area contributed by atoms with Crippen LogP contribution >= 0.6 is 0 Å². The van der Waals surface area contributed by atoms with Crippen LogP contribution in [0.2, 0.25) is 0 Å². The highest BCUT2D eigenvalue weighted by atomic mass is 32.2. The van der Waals surface area contributed by atoms with Gasteiger partial charge >= 0.3 is 0 Å². The molecule has 0 atom stereocenters. The lowest BCUT2D eigenvalue weighted by molar-refractivity contribution is 0.0374. The number of anilines is 1. The second-order valence-corrected chi connectivity index (χ2v) is 9.11. The summed E-state index contributed by atoms with van der Waals surface area (Å²) in [5.41, 5.74) is -1.39. The molecule has 0 unspecified atom stereocenters. The first-order chi connectivity index (χ1) is 16.7. The van der Waals surface area contributed by atoms with E-state index in [4.69, 9.17) is 0 Å². The number of azo groups is 1. The van der Waals surface area contributed by atoms with Crippen LogP contribution < -0.4 is 10.0 Å². The Bertz CT molecular complexity index is 1290. The summed E-state index contributed by atoms with van der Waals surface area (Å²) in [4.78, 5) is 16.4. The van der Waals surface area contributed by atoms with Crippen molar-refractivity contribution in [2.24, 2.45) is 10.2 Å². The van der Waals surface area contributed by atoms with E-state index in [-0.39, 0.29) is 27.7 Å². The van der Waals surface area contributed by atoms with Crippen LogP contribution in [0.4, 0.5) is 17.2 Å². The number of aromatic nitrogens is 1. The summed E-state index contributed by atoms with van der Waals surface area (Å²) in [6, 6.07) is 14.2. The number of phenolic OH excluding ortho intramolecular Hbond substituents is 1. The standard InChI is InChI=1S/C22H23N5O7S/c28-12-22(13-29,14-30)24-21(32)18-11-16(6-9-19(18)31)26-25-15-4-7-17(8-5-15)35(33,34)27-20-3-1-2-10-23-20/h1-11,28-31H,12-14H2,(H,23,27)(H,24,32)/b26-25+. The first-order valence-electron chi connectivity index (χ1n) is 10.2. The zero-order valence-electron chi connectivity index (χ0n) is 18.2. The molecule has 1 aromatic heterocycles. The predicted octanol–water partition coefficient (Wildman–Crippen LogP) is 1.45. The summed E-state index contributed by atoms with van der Waals surface area (Å²) in [6.45, 7) is -2.18. The Morgan fingerprint density at radius 3 is 2.14 bits per heavy atom. The summed E-state index contributed by atoms with van der Waals surface area (Å²) < 4.78 is 27.3. The van der Waals surface area contributed by atoms with E-state index < -0.39 is 41.3 Å². The number of aromatic hydroxyl groups is 1. The van der Waals surface area contributed by atoms with Gasteiger partial charge in [0, 0.05) is 6.20 Å². The monoisotopic (exact) mass is 501 g/mol. The maximum Gasteiger partial charge on any atom is 0.263 e. The van der Waals surface area contributed by atoms with E-state index in [1.54, 1.807) is 12.1 Å². The van der Waals surface area contributed by atoms with Crippen molar-refractivity contribution in [1.29, 1.82) is 0 Å². The number of nitrogens with one attached hydrogen (secondary N) is 2. The minimum atomic E-state index is -3.85. The largest absolute Gasteiger partial charge is 0.507 e. The molecule has 0 spiro atoms. The first kappa shape index (κ1) is 25.7. The van der Waals surface area contributed by atoms with Crippen LogP contribution in [0, 0.1) is 0 Å². The number of benzene rings is 2. The number of phenols is 1. The van der Waals surface area contributed by atoms with Crippen LogP contribution in [-0.2, 0) is 10.0 Å². The second kappa shape index (κ2) is 11.0. The highest BCUT2D eigenvalue weighted by Crippen LogP contribution is 2.26. The molecule has 13 heteroatoms. The predicted molar refractivity (Wildman–Crippen MR) is 125 cm³/mol. The normalized spacial score (nSPS) is 12.0. The summed E-state index contributed by atoms with van der Waals surface area (Å²) in [5, 5.41) is 48.4. The van der Waals surface area contributed by atoms with Crippen LogP contribution in [0.3, 0.4) is 0 Å². The number of rotatable bonds is 10. The lowest BCUT2D eigenvalue weighted by atomic mass is 10.0. The molecule has 0 fully saturated rings. The summed E-state index contributed by atoms with van der Waals surface area (Å²) in [5.74, 6) is -1.07. The van der Waals surface area contributed by atoms with E-state index in [0.29, 0.717) is 5.69 Å². The number of hydrogen-bond donors (Lipinski definition) is 6. The van der Waals surface area contributed by atoms with E-state index in [1.165, 1.54) is 54.7 Å². The molecule has 6 N–H and O–H groups in total. The molecule has 0 bridgehead atoms. The molecule has 35 heavy (non-hydrogen) atoms. The van der Waals surface area contributed by atoms with E-state index in [9.17, 15) is 33.6 Å². The fraction of sp³-hybridized carbons (Fsp3) is 0.182. The van der Waals surface area contributed by atoms with Crippen molar-refractivity contribution in [1.82, 2.24) is 10.3 Å². The molecule has 1 amide bonds. The van der Waals surface area contributed by atoms with Gasteiger partial charge in [-0.15, -0.1) is 0 Å². The molecule has 1 heterocycles. The number of hydrogen-bond acceptors (Lipinski definition) is 10. The Balaban J connectivity index is 1.75. The third kappa shape index (κ3) is 6.36. The van der Waals surface area contributed by atoms with E-state index in [0.717, 1.165) is 0 Å². The van der Waals surface area contributed by atoms with Crippen LogP contribution in [0.25, 0.3) is 0 Å². The zero-order valence-corrected chi connectivity index (χ0v) is 19.1. The third-order valence-corrected chi connectivity index (χ3v) is 6.21. The Morgan fingerprint density at radius 1 is 0.914 bits per heavy atom. The molecule has 2 aromatic carbocycles. The lowest BCUT2D eigenvalue weighted by Gasteiger charge is -2.28. The molecule has 0 aliphatic carbocycles. The van der Waals surface area contributed by atoms with Crippen molar-refractivity contribution in [3.05, 3.63) is 72.4 Å². The molecule has 0 aliphatic heterocycles. The molecular formula is C22H23N5O7S. The first-order valence-corrected chi connectivity index (χ1v) is 11.6. The van der Waals surface area contributed by atoms with Crippen molar-refractivity contribution in [2.75, 3.05) is 24.5 Å². The minimum absolute atomic E-state index is 0.00849. The molecule has 184 valence electrons. The quantitative estimate of drug-likeness (QED) is 0.225. The van der Waals surface area contributed by atoms with Gasteiger partial charge in [-0.1, -0.05) is 6.07 Å². The van der Waals surface area contributed by atoms with E-state index >= 15 is 0 Å². The molecule has 12 nitrogen and oxygen atoms in total. The van der Waals surface area contributed by atoms with Crippen molar-refractivity contribution < 1.29 is 33.6 Å². The third-order valence-electron chi connectivity index (χ3n) is 4.84. The Labute approximate surface area is 200 Å². The molecule has 0 radical (unpaired) electrons. The Morgan fingerprint density at radius 2 is 1.54 bits per heavy atom. The number of nitrogens with zero attached hydrogens (tertiary/aromatic N) is 3. The van der Waals surface area contributed by atoms with Crippen molar-refractivity contribution in [2.45, 2.75) is 10.4 Å².